The third kappa shape index (κ3) is 3.56. The summed E-state index contributed by atoms with van der Waals surface area (Å²) in [5.41, 5.74) is 0.989. The lowest BCUT2D eigenvalue weighted by molar-refractivity contribution is 0.0930. The average Bonchev–Trinajstić information content (AvgIpc) is 2.79. The van der Waals surface area contributed by atoms with E-state index in [0.29, 0.717) is 29.4 Å². The van der Waals surface area contributed by atoms with E-state index in [-0.39, 0.29) is 16.8 Å². The summed E-state index contributed by atoms with van der Waals surface area (Å²) in [4.78, 5) is 14.6. The smallest absolute Gasteiger partial charge is 0.286 e. The molecule has 25 heavy (non-hydrogen) atoms. The molecule has 7 heteroatoms. The van der Waals surface area contributed by atoms with Crippen LogP contribution in [-0.2, 0) is 10.0 Å². The second kappa shape index (κ2) is 6.78. The van der Waals surface area contributed by atoms with Gasteiger partial charge in [-0.25, -0.2) is 0 Å². The molecule has 2 aliphatic rings. The molecule has 1 fully saturated rings. The molecule has 0 aromatic heterocycles. The van der Waals surface area contributed by atoms with Crippen molar-refractivity contribution in [2.24, 2.45) is 10.3 Å². The van der Waals surface area contributed by atoms with Gasteiger partial charge in [0.25, 0.3) is 15.9 Å². The van der Waals surface area contributed by atoms with E-state index in [1.165, 1.54) is 6.07 Å². The number of hydrogen-bond donors (Lipinski definition) is 1. The molecule has 0 unspecified atom stereocenters. The van der Waals surface area contributed by atoms with Crippen molar-refractivity contribution < 1.29 is 13.2 Å². The topological polar surface area (TPSA) is 78.8 Å². The summed E-state index contributed by atoms with van der Waals surface area (Å²) in [6.07, 6.45) is 3.70. The minimum absolute atomic E-state index is 0.00960. The highest BCUT2D eigenvalue weighted by molar-refractivity contribution is 7.90. The Morgan fingerprint density at radius 1 is 1.20 bits per heavy atom. The fourth-order valence-electron chi connectivity index (χ4n) is 3.08. The van der Waals surface area contributed by atoms with Gasteiger partial charge in [0.05, 0.1) is 5.69 Å². The number of fused-ring (bicyclic) bond motifs is 3. The zero-order valence-electron chi connectivity index (χ0n) is 14.9. The zero-order chi connectivity index (χ0) is 18.2. The molecule has 1 aromatic carbocycles. The van der Waals surface area contributed by atoms with Gasteiger partial charge in [0, 0.05) is 24.6 Å². The van der Waals surface area contributed by atoms with E-state index in [1.807, 2.05) is 25.7 Å². The van der Waals surface area contributed by atoms with Gasteiger partial charge < -0.3 is 10.2 Å². The molecule has 1 amide bonds. The molecule has 0 saturated carbocycles. The molecule has 2 aliphatic heterocycles. The summed E-state index contributed by atoms with van der Waals surface area (Å²) in [5, 5.41) is 2.91. The maximum atomic E-state index is 12.6. The average molecular weight is 363 g/mol. The molecule has 136 valence electrons. The van der Waals surface area contributed by atoms with Crippen molar-refractivity contribution in [3.63, 3.8) is 0 Å². The van der Waals surface area contributed by atoms with Crippen molar-refractivity contribution in [2.45, 2.75) is 57.4 Å². The van der Waals surface area contributed by atoms with Crippen molar-refractivity contribution in [2.75, 3.05) is 11.4 Å². The Labute approximate surface area is 149 Å². The third-order valence-corrected chi connectivity index (χ3v) is 6.30. The molecule has 0 bridgehead atoms. The Bertz CT molecular complexity index is 815. The van der Waals surface area contributed by atoms with Gasteiger partial charge in [-0.05, 0) is 43.9 Å². The summed E-state index contributed by atoms with van der Waals surface area (Å²) >= 11 is 0. The molecule has 0 spiro atoms. The number of amides is 1. The molecular weight excluding hydrogens is 338 g/mol. The maximum Gasteiger partial charge on any atom is 0.286 e. The van der Waals surface area contributed by atoms with E-state index >= 15 is 0 Å². The first-order valence-corrected chi connectivity index (χ1v) is 10.3. The number of carbonyl (C=O) groups is 1. The monoisotopic (exact) mass is 363 g/mol. The molecule has 3 rings (SSSR count). The lowest BCUT2D eigenvalue weighted by atomic mass is 10.1. The van der Waals surface area contributed by atoms with Crippen molar-refractivity contribution >= 4 is 27.5 Å². The lowest BCUT2D eigenvalue weighted by Gasteiger charge is -2.29. The van der Waals surface area contributed by atoms with Crippen molar-refractivity contribution in [1.29, 1.82) is 0 Å². The molecule has 0 radical (unpaired) electrons. The van der Waals surface area contributed by atoms with E-state index in [2.05, 4.69) is 9.71 Å². The molecule has 0 aliphatic carbocycles. The second-order valence-electron chi connectivity index (χ2n) is 7.13. The van der Waals surface area contributed by atoms with Gasteiger partial charge in [-0.3, -0.25) is 4.79 Å². The van der Waals surface area contributed by atoms with E-state index in [0.717, 1.165) is 25.8 Å². The van der Waals surface area contributed by atoms with Gasteiger partial charge in [-0.15, -0.1) is 4.40 Å². The second-order valence-corrected chi connectivity index (χ2v) is 8.71. The summed E-state index contributed by atoms with van der Waals surface area (Å²) in [5.74, 6) is 0.662. The Morgan fingerprint density at radius 3 is 2.68 bits per heavy atom. The first-order chi connectivity index (χ1) is 11.8. The number of benzene rings is 1. The van der Waals surface area contributed by atoms with Crippen LogP contribution in [0.25, 0.3) is 0 Å². The quantitative estimate of drug-likeness (QED) is 0.895. The largest absolute Gasteiger partial charge is 0.349 e. The third-order valence-electron chi connectivity index (χ3n) is 4.97. The normalized spacial score (nSPS) is 20.2. The van der Waals surface area contributed by atoms with Gasteiger partial charge >= 0.3 is 0 Å². The Kier molecular flexibility index (Phi) is 4.86. The number of amidine groups is 1. The predicted octanol–water partition coefficient (Wildman–Crippen LogP) is 2.94. The van der Waals surface area contributed by atoms with Gasteiger partial charge in [-0.1, -0.05) is 20.3 Å². The number of anilines is 1. The summed E-state index contributed by atoms with van der Waals surface area (Å²) in [6.45, 7) is 6.75. The fourth-order valence-corrected chi connectivity index (χ4v) is 4.36. The van der Waals surface area contributed by atoms with Crippen molar-refractivity contribution in [3.8, 4) is 0 Å². The van der Waals surface area contributed by atoms with Crippen LogP contribution in [0.3, 0.4) is 0 Å². The molecular formula is C18H25N3O3S. The van der Waals surface area contributed by atoms with E-state index in [1.54, 1.807) is 12.1 Å². The Hall–Kier alpha value is -1.89. The number of rotatable bonds is 3. The first-order valence-electron chi connectivity index (χ1n) is 8.86. The number of nitrogens with zero attached hydrogens (tertiary/aromatic N) is 2. The maximum absolute atomic E-state index is 12.6. The molecule has 1 atom stereocenters. The number of nitrogens with one attached hydrogen (secondary N) is 1. The lowest BCUT2D eigenvalue weighted by Crippen LogP contribution is -2.37. The van der Waals surface area contributed by atoms with Crippen LogP contribution in [-0.4, -0.2) is 32.7 Å². The van der Waals surface area contributed by atoms with E-state index < -0.39 is 10.0 Å². The van der Waals surface area contributed by atoms with Crippen molar-refractivity contribution in [3.05, 3.63) is 23.8 Å². The molecule has 1 saturated heterocycles. The van der Waals surface area contributed by atoms with Gasteiger partial charge in [0.2, 0.25) is 0 Å². The van der Waals surface area contributed by atoms with Crippen LogP contribution in [0.15, 0.2) is 27.5 Å². The highest BCUT2D eigenvalue weighted by Gasteiger charge is 2.32. The van der Waals surface area contributed by atoms with Gasteiger partial charge in [0.1, 0.15) is 10.7 Å². The van der Waals surface area contributed by atoms with Gasteiger partial charge in [0.15, 0.2) is 0 Å². The minimum atomic E-state index is -3.76. The van der Waals surface area contributed by atoms with E-state index in [4.69, 9.17) is 0 Å². The minimum Gasteiger partial charge on any atom is -0.349 e. The number of sulfonamides is 1. The molecule has 2 heterocycles. The molecule has 1 aromatic rings. The Morgan fingerprint density at radius 2 is 1.96 bits per heavy atom. The van der Waals surface area contributed by atoms with Gasteiger partial charge in [-0.2, -0.15) is 8.42 Å². The summed E-state index contributed by atoms with van der Waals surface area (Å²) < 4.78 is 29.2. The van der Waals surface area contributed by atoms with Crippen LogP contribution in [0.5, 0.6) is 0 Å². The van der Waals surface area contributed by atoms with E-state index in [9.17, 15) is 13.2 Å². The predicted molar refractivity (Wildman–Crippen MR) is 98.6 cm³/mol. The SMILES string of the molecule is CC(C)[C@H](C)NC(=O)c1ccc2c(c1)S(=O)(=O)N=C1CCCCCN12. The number of carbonyl (C=O) groups excluding carboxylic acids is 1. The highest BCUT2D eigenvalue weighted by Crippen LogP contribution is 2.35. The summed E-state index contributed by atoms with van der Waals surface area (Å²) in [6, 6.07) is 4.90. The molecule has 1 N–H and O–H groups in total. The fraction of sp³-hybridized carbons (Fsp3) is 0.556. The van der Waals surface area contributed by atoms with Crippen LogP contribution >= 0.6 is 0 Å². The van der Waals surface area contributed by atoms with Crippen LogP contribution in [0.1, 0.15) is 56.8 Å². The van der Waals surface area contributed by atoms with Crippen molar-refractivity contribution in [1.82, 2.24) is 5.32 Å². The molecule has 6 nitrogen and oxygen atoms in total. The van der Waals surface area contributed by atoms with Crippen LogP contribution in [0.4, 0.5) is 5.69 Å². The first kappa shape index (κ1) is 17.9. The van der Waals surface area contributed by atoms with Crippen LogP contribution in [0.2, 0.25) is 0 Å². The number of hydrogen-bond acceptors (Lipinski definition) is 4. The standard InChI is InChI=1S/C18H25N3O3S/c1-12(2)13(3)19-18(22)14-8-9-15-16(11-14)25(23,24)20-17-7-5-4-6-10-21(15)17/h8-9,11-13H,4-7,10H2,1-3H3,(H,19,22)/t13-/m0/s1. The van der Waals surface area contributed by atoms with Crippen LogP contribution in [0, 0.1) is 5.92 Å². The zero-order valence-corrected chi connectivity index (χ0v) is 15.8. The Balaban J connectivity index is 1.97. The van der Waals surface area contributed by atoms with Crippen LogP contribution < -0.4 is 10.2 Å². The summed E-state index contributed by atoms with van der Waals surface area (Å²) in [7, 11) is -3.76. The highest BCUT2D eigenvalue weighted by atomic mass is 32.2.